The van der Waals surface area contributed by atoms with Crippen LogP contribution in [0.2, 0.25) is 0 Å². The Morgan fingerprint density at radius 3 is 2.20 bits per heavy atom. The van der Waals surface area contributed by atoms with Crippen molar-refractivity contribution in [2.75, 3.05) is 20.8 Å². The van der Waals surface area contributed by atoms with Crippen molar-refractivity contribution in [1.82, 2.24) is 0 Å². The van der Waals surface area contributed by atoms with Crippen LogP contribution in [0.3, 0.4) is 0 Å². The molecular weight excluding hydrogens is 190 g/mol. The van der Waals surface area contributed by atoms with E-state index in [9.17, 15) is 0 Å². The Hall–Kier alpha value is -1.22. The standard InChI is InChI=1S/C12H19NO2/c1-8-7-10(5-6-13)9(2)12(15-4)11(8)14-3/h7H,5-6,13H2,1-4H3. The Bertz CT molecular complexity index is 348. The van der Waals surface area contributed by atoms with Crippen molar-refractivity contribution in [2.24, 2.45) is 5.73 Å². The number of methoxy groups -OCH3 is 2. The molecule has 0 spiro atoms. The van der Waals surface area contributed by atoms with Crippen LogP contribution in [0.5, 0.6) is 11.5 Å². The fourth-order valence-electron chi connectivity index (χ4n) is 1.84. The summed E-state index contributed by atoms with van der Waals surface area (Å²) in [6, 6.07) is 2.11. The molecular formula is C12H19NO2. The maximum atomic E-state index is 5.57. The molecule has 3 heteroatoms. The van der Waals surface area contributed by atoms with E-state index < -0.39 is 0 Å². The van der Waals surface area contributed by atoms with Gasteiger partial charge < -0.3 is 15.2 Å². The summed E-state index contributed by atoms with van der Waals surface area (Å²) < 4.78 is 10.7. The molecule has 0 aliphatic heterocycles. The van der Waals surface area contributed by atoms with Crippen LogP contribution in [0.15, 0.2) is 6.07 Å². The summed E-state index contributed by atoms with van der Waals surface area (Å²) in [5.74, 6) is 1.64. The molecule has 0 saturated heterocycles. The van der Waals surface area contributed by atoms with E-state index in [1.165, 1.54) is 5.56 Å². The highest BCUT2D eigenvalue weighted by Crippen LogP contribution is 2.36. The number of hydrogen-bond donors (Lipinski definition) is 1. The molecule has 3 nitrogen and oxygen atoms in total. The Balaban J connectivity index is 3.30. The first kappa shape index (κ1) is 11.9. The van der Waals surface area contributed by atoms with Crippen LogP contribution in [0.25, 0.3) is 0 Å². The van der Waals surface area contributed by atoms with Crippen LogP contribution < -0.4 is 15.2 Å². The molecule has 15 heavy (non-hydrogen) atoms. The van der Waals surface area contributed by atoms with E-state index in [1.807, 2.05) is 13.8 Å². The first-order valence-electron chi connectivity index (χ1n) is 5.06. The van der Waals surface area contributed by atoms with Gasteiger partial charge >= 0.3 is 0 Å². The lowest BCUT2D eigenvalue weighted by Crippen LogP contribution is -2.06. The van der Waals surface area contributed by atoms with Gasteiger partial charge in [0.05, 0.1) is 14.2 Å². The molecule has 0 unspecified atom stereocenters. The van der Waals surface area contributed by atoms with Gasteiger partial charge in [0.25, 0.3) is 0 Å². The summed E-state index contributed by atoms with van der Waals surface area (Å²) in [6.45, 7) is 4.70. The van der Waals surface area contributed by atoms with E-state index in [4.69, 9.17) is 15.2 Å². The largest absolute Gasteiger partial charge is 0.493 e. The quantitative estimate of drug-likeness (QED) is 0.822. The molecule has 1 aromatic rings. The number of benzene rings is 1. The Morgan fingerprint density at radius 2 is 1.73 bits per heavy atom. The molecule has 1 rings (SSSR count). The zero-order chi connectivity index (χ0) is 11.4. The van der Waals surface area contributed by atoms with Gasteiger partial charge in [-0.05, 0) is 43.5 Å². The molecule has 84 valence electrons. The van der Waals surface area contributed by atoms with Crippen molar-refractivity contribution in [3.8, 4) is 11.5 Å². The summed E-state index contributed by atoms with van der Waals surface area (Å²) >= 11 is 0. The van der Waals surface area contributed by atoms with Crippen LogP contribution in [0.4, 0.5) is 0 Å². The van der Waals surface area contributed by atoms with Gasteiger partial charge in [0.1, 0.15) is 0 Å². The number of hydrogen-bond acceptors (Lipinski definition) is 3. The van der Waals surface area contributed by atoms with Gasteiger partial charge in [-0.3, -0.25) is 0 Å². The molecule has 0 aliphatic carbocycles. The van der Waals surface area contributed by atoms with Crippen molar-refractivity contribution < 1.29 is 9.47 Å². The maximum absolute atomic E-state index is 5.57. The highest BCUT2D eigenvalue weighted by molar-refractivity contribution is 5.54. The third kappa shape index (κ3) is 2.23. The smallest absolute Gasteiger partial charge is 0.164 e. The lowest BCUT2D eigenvalue weighted by Gasteiger charge is -2.16. The van der Waals surface area contributed by atoms with Crippen LogP contribution in [-0.4, -0.2) is 20.8 Å². The van der Waals surface area contributed by atoms with Gasteiger partial charge in [-0.15, -0.1) is 0 Å². The number of rotatable bonds is 4. The van der Waals surface area contributed by atoms with E-state index in [1.54, 1.807) is 14.2 Å². The fraction of sp³-hybridized carbons (Fsp3) is 0.500. The zero-order valence-corrected chi connectivity index (χ0v) is 9.89. The average molecular weight is 209 g/mol. The maximum Gasteiger partial charge on any atom is 0.164 e. The molecule has 0 bridgehead atoms. The predicted molar refractivity (Wildman–Crippen MR) is 61.8 cm³/mol. The van der Waals surface area contributed by atoms with Crippen molar-refractivity contribution in [1.29, 1.82) is 0 Å². The molecule has 0 radical (unpaired) electrons. The van der Waals surface area contributed by atoms with Crippen LogP contribution >= 0.6 is 0 Å². The summed E-state index contributed by atoms with van der Waals surface area (Å²) in [5.41, 5.74) is 9.00. The van der Waals surface area contributed by atoms with Crippen LogP contribution in [-0.2, 0) is 6.42 Å². The lowest BCUT2D eigenvalue weighted by molar-refractivity contribution is 0.350. The molecule has 0 atom stereocenters. The van der Waals surface area contributed by atoms with Gasteiger partial charge in [0.15, 0.2) is 11.5 Å². The second-order valence-electron chi connectivity index (χ2n) is 3.58. The van der Waals surface area contributed by atoms with Crippen LogP contribution in [0, 0.1) is 13.8 Å². The number of ether oxygens (including phenoxy) is 2. The van der Waals surface area contributed by atoms with E-state index in [2.05, 4.69) is 6.07 Å². The Morgan fingerprint density at radius 1 is 1.13 bits per heavy atom. The molecule has 1 aromatic carbocycles. The summed E-state index contributed by atoms with van der Waals surface area (Å²) in [6.07, 6.45) is 0.868. The minimum atomic E-state index is 0.649. The summed E-state index contributed by atoms with van der Waals surface area (Å²) in [7, 11) is 3.32. The molecule has 0 amide bonds. The van der Waals surface area contributed by atoms with Gasteiger partial charge in [0.2, 0.25) is 0 Å². The topological polar surface area (TPSA) is 44.5 Å². The highest BCUT2D eigenvalue weighted by atomic mass is 16.5. The number of aryl methyl sites for hydroxylation is 1. The summed E-state index contributed by atoms with van der Waals surface area (Å²) in [4.78, 5) is 0. The van der Waals surface area contributed by atoms with Crippen molar-refractivity contribution in [3.63, 3.8) is 0 Å². The number of nitrogens with two attached hydrogens (primary N) is 1. The van der Waals surface area contributed by atoms with Crippen LogP contribution in [0.1, 0.15) is 16.7 Å². The fourth-order valence-corrected chi connectivity index (χ4v) is 1.84. The van der Waals surface area contributed by atoms with Gasteiger partial charge in [-0.1, -0.05) is 6.07 Å². The van der Waals surface area contributed by atoms with E-state index in [0.717, 1.165) is 29.0 Å². The molecule has 0 aromatic heterocycles. The van der Waals surface area contributed by atoms with Crippen molar-refractivity contribution in [2.45, 2.75) is 20.3 Å². The molecule has 0 saturated carbocycles. The second kappa shape index (κ2) is 5.03. The first-order valence-corrected chi connectivity index (χ1v) is 5.06. The molecule has 0 fully saturated rings. The van der Waals surface area contributed by atoms with Gasteiger partial charge in [0, 0.05) is 0 Å². The van der Waals surface area contributed by atoms with E-state index in [0.29, 0.717) is 6.54 Å². The van der Waals surface area contributed by atoms with Gasteiger partial charge in [-0.25, -0.2) is 0 Å². The average Bonchev–Trinajstić information content (AvgIpc) is 2.22. The second-order valence-corrected chi connectivity index (χ2v) is 3.58. The van der Waals surface area contributed by atoms with E-state index in [-0.39, 0.29) is 0 Å². The molecule has 0 aliphatic rings. The lowest BCUT2D eigenvalue weighted by atomic mass is 10.0. The summed E-state index contributed by atoms with van der Waals surface area (Å²) in [5, 5.41) is 0. The monoisotopic (exact) mass is 209 g/mol. The van der Waals surface area contributed by atoms with Gasteiger partial charge in [-0.2, -0.15) is 0 Å². The van der Waals surface area contributed by atoms with Crippen molar-refractivity contribution in [3.05, 3.63) is 22.8 Å². The third-order valence-corrected chi connectivity index (χ3v) is 2.60. The Labute approximate surface area is 91.2 Å². The minimum Gasteiger partial charge on any atom is -0.493 e. The Kier molecular flexibility index (Phi) is 3.97. The predicted octanol–water partition coefficient (Wildman–Crippen LogP) is 1.82. The zero-order valence-electron chi connectivity index (χ0n) is 9.89. The highest BCUT2D eigenvalue weighted by Gasteiger charge is 2.13. The normalized spacial score (nSPS) is 10.2. The minimum absolute atomic E-state index is 0.649. The molecule has 2 N–H and O–H groups in total. The first-order chi connectivity index (χ1) is 7.15. The molecule has 0 heterocycles. The van der Waals surface area contributed by atoms with Crippen molar-refractivity contribution >= 4 is 0 Å². The SMILES string of the molecule is COc1c(C)cc(CCN)c(C)c1OC. The van der Waals surface area contributed by atoms with E-state index >= 15 is 0 Å². The third-order valence-electron chi connectivity index (χ3n) is 2.60.